The van der Waals surface area contributed by atoms with E-state index < -0.39 is 11.6 Å². The molecule has 0 aliphatic carbocycles. The largest absolute Gasteiger partial charge is 0.314 e. The normalized spacial score (nSPS) is 17.1. The van der Waals surface area contributed by atoms with E-state index in [9.17, 15) is 8.78 Å². The van der Waals surface area contributed by atoms with Gasteiger partial charge in [-0.3, -0.25) is 0 Å². The molecule has 0 aromatic heterocycles. The summed E-state index contributed by atoms with van der Waals surface area (Å²) in [5, 5.41) is 3.53. The Kier molecular flexibility index (Phi) is 2.51. The fraction of sp³-hybridized carbons (Fsp3) is 0.333. The third kappa shape index (κ3) is 2.00. The van der Waals surface area contributed by atoms with Crippen LogP contribution in [0.4, 0.5) is 8.78 Å². The average molecular weight is 201 g/mol. The molecular formula is C9H9F2NS. The van der Waals surface area contributed by atoms with Gasteiger partial charge >= 0.3 is 0 Å². The summed E-state index contributed by atoms with van der Waals surface area (Å²) < 4.78 is 25.6. The van der Waals surface area contributed by atoms with Crippen molar-refractivity contribution in [1.82, 2.24) is 5.32 Å². The molecule has 4 heteroatoms. The standard InChI is InChI=1S/C9H9F2NS/c10-6-1-2-9(8(11)3-6)13-7-4-12-5-7/h1-3,7,12H,4-5H2. The predicted octanol–water partition coefficient (Wildman–Crippen LogP) is 2.03. The Morgan fingerprint density at radius 3 is 2.62 bits per heavy atom. The molecule has 1 saturated heterocycles. The van der Waals surface area contributed by atoms with Crippen LogP contribution in [0.25, 0.3) is 0 Å². The monoisotopic (exact) mass is 201 g/mol. The summed E-state index contributed by atoms with van der Waals surface area (Å²) in [4.78, 5) is 0.535. The van der Waals surface area contributed by atoms with Crippen LogP contribution in [-0.2, 0) is 0 Å². The molecule has 1 fully saturated rings. The quantitative estimate of drug-likeness (QED) is 0.785. The molecule has 1 aliphatic rings. The summed E-state index contributed by atoms with van der Waals surface area (Å²) in [5.41, 5.74) is 0. The Hall–Kier alpha value is -0.610. The van der Waals surface area contributed by atoms with Crippen molar-refractivity contribution in [2.45, 2.75) is 10.1 Å². The lowest BCUT2D eigenvalue weighted by molar-refractivity contribution is 0.538. The van der Waals surface area contributed by atoms with E-state index in [0.717, 1.165) is 19.2 Å². The van der Waals surface area contributed by atoms with E-state index in [1.54, 1.807) is 0 Å². The summed E-state index contributed by atoms with van der Waals surface area (Å²) in [6, 6.07) is 3.71. The predicted molar refractivity (Wildman–Crippen MR) is 48.9 cm³/mol. The van der Waals surface area contributed by atoms with Crippen molar-refractivity contribution in [1.29, 1.82) is 0 Å². The van der Waals surface area contributed by atoms with Gasteiger partial charge in [0.05, 0.1) is 0 Å². The lowest BCUT2D eigenvalue weighted by Gasteiger charge is -2.26. The van der Waals surface area contributed by atoms with Gasteiger partial charge in [0.2, 0.25) is 0 Å². The van der Waals surface area contributed by atoms with Crippen LogP contribution in [0.3, 0.4) is 0 Å². The van der Waals surface area contributed by atoms with Crippen LogP contribution in [0.1, 0.15) is 0 Å². The van der Waals surface area contributed by atoms with Gasteiger partial charge in [0.1, 0.15) is 11.6 Å². The van der Waals surface area contributed by atoms with Gasteiger partial charge in [-0.1, -0.05) is 0 Å². The summed E-state index contributed by atoms with van der Waals surface area (Å²) in [6.45, 7) is 1.81. The number of rotatable bonds is 2. The minimum Gasteiger partial charge on any atom is -0.314 e. The SMILES string of the molecule is Fc1ccc(SC2CNC2)c(F)c1. The van der Waals surface area contributed by atoms with E-state index in [2.05, 4.69) is 5.32 Å². The highest BCUT2D eigenvalue weighted by Gasteiger charge is 2.19. The summed E-state index contributed by atoms with van der Waals surface area (Å²) in [6.07, 6.45) is 0. The second-order valence-corrected chi connectivity index (χ2v) is 4.32. The molecule has 1 aromatic carbocycles. The number of thioether (sulfide) groups is 1. The molecule has 0 radical (unpaired) electrons. The lowest BCUT2D eigenvalue weighted by atomic mass is 10.3. The molecule has 70 valence electrons. The average Bonchev–Trinajstić information content (AvgIpc) is 1.99. The Bertz CT molecular complexity index is 312. The minimum atomic E-state index is -0.520. The first-order valence-corrected chi connectivity index (χ1v) is 4.96. The number of benzene rings is 1. The zero-order valence-corrected chi connectivity index (χ0v) is 7.70. The van der Waals surface area contributed by atoms with Gasteiger partial charge in [0, 0.05) is 29.3 Å². The van der Waals surface area contributed by atoms with E-state index in [4.69, 9.17) is 0 Å². The highest BCUT2D eigenvalue weighted by atomic mass is 32.2. The molecule has 1 heterocycles. The molecule has 13 heavy (non-hydrogen) atoms. The Morgan fingerprint density at radius 1 is 1.31 bits per heavy atom. The second kappa shape index (κ2) is 3.64. The second-order valence-electron chi connectivity index (χ2n) is 2.97. The molecule has 1 N–H and O–H groups in total. The van der Waals surface area contributed by atoms with Crippen molar-refractivity contribution in [3.8, 4) is 0 Å². The van der Waals surface area contributed by atoms with Crippen molar-refractivity contribution in [3.63, 3.8) is 0 Å². The van der Waals surface area contributed by atoms with E-state index >= 15 is 0 Å². The van der Waals surface area contributed by atoms with Crippen LogP contribution in [0.2, 0.25) is 0 Å². The van der Waals surface area contributed by atoms with Gasteiger partial charge in [0.25, 0.3) is 0 Å². The molecule has 0 spiro atoms. The molecule has 0 saturated carbocycles. The molecule has 2 rings (SSSR count). The van der Waals surface area contributed by atoms with Crippen LogP contribution in [-0.4, -0.2) is 18.3 Å². The molecule has 0 atom stereocenters. The van der Waals surface area contributed by atoms with E-state index in [-0.39, 0.29) is 0 Å². The van der Waals surface area contributed by atoms with Crippen molar-refractivity contribution in [2.75, 3.05) is 13.1 Å². The fourth-order valence-electron chi connectivity index (χ4n) is 1.10. The van der Waals surface area contributed by atoms with Crippen LogP contribution < -0.4 is 5.32 Å². The van der Waals surface area contributed by atoms with Gasteiger partial charge < -0.3 is 5.32 Å². The Labute approximate surface area is 79.5 Å². The maximum Gasteiger partial charge on any atom is 0.139 e. The lowest BCUT2D eigenvalue weighted by Crippen LogP contribution is -2.44. The topological polar surface area (TPSA) is 12.0 Å². The summed E-state index contributed by atoms with van der Waals surface area (Å²) in [5.74, 6) is -0.981. The number of nitrogens with one attached hydrogen (secondary N) is 1. The van der Waals surface area contributed by atoms with E-state index in [1.807, 2.05) is 0 Å². The van der Waals surface area contributed by atoms with Crippen molar-refractivity contribution >= 4 is 11.8 Å². The van der Waals surface area contributed by atoms with Crippen molar-refractivity contribution in [3.05, 3.63) is 29.8 Å². The molecule has 1 aliphatic heterocycles. The molecule has 0 bridgehead atoms. The van der Waals surface area contributed by atoms with Crippen LogP contribution in [0.5, 0.6) is 0 Å². The maximum absolute atomic E-state index is 13.1. The molecule has 1 aromatic rings. The first kappa shape index (κ1) is 8.97. The van der Waals surface area contributed by atoms with Gasteiger partial charge in [-0.15, -0.1) is 11.8 Å². The highest BCUT2D eigenvalue weighted by molar-refractivity contribution is 8.00. The fourth-order valence-corrected chi connectivity index (χ4v) is 2.18. The van der Waals surface area contributed by atoms with Crippen LogP contribution >= 0.6 is 11.8 Å². The van der Waals surface area contributed by atoms with Gasteiger partial charge in [-0.05, 0) is 12.1 Å². The van der Waals surface area contributed by atoms with Crippen LogP contribution in [0, 0.1) is 11.6 Å². The van der Waals surface area contributed by atoms with Gasteiger partial charge in [-0.25, -0.2) is 8.78 Å². The molecule has 0 unspecified atom stereocenters. The maximum atomic E-state index is 13.1. The highest BCUT2D eigenvalue weighted by Crippen LogP contribution is 2.28. The van der Waals surface area contributed by atoms with Crippen LogP contribution in [0.15, 0.2) is 23.1 Å². The number of halogens is 2. The minimum absolute atomic E-state index is 0.431. The molecule has 1 nitrogen and oxygen atoms in total. The molecular weight excluding hydrogens is 192 g/mol. The van der Waals surface area contributed by atoms with E-state index in [1.165, 1.54) is 23.9 Å². The van der Waals surface area contributed by atoms with Crippen molar-refractivity contribution in [2.24, 2.45) is 0 Å². The number of hydrogen-bond acceptors (Lipinski definition) is 2. The molecule has 0 amide bonds. The van der Waals surface area contributed by atoms with E-state index in [0.29, 0.717) is 10.1 Å². The number of hydrogen-bond donors (Lipinski definition) is 1. The summed E-state index contributed by atoms with van der Waals surface area (Å²) >= 11 is 1.46. The first-order valence-electron chi connectivity index (χ1n) is 4.08. The summed E-state index contributed by atoms with van der Waals surface area (Å²) in [7, 11) is 0. The van der Waals surface area contributed by atoms with Gasteiger partial charge in [-0.2, -0.15) is 0 Å². The zero-order chi connectivity index (χ0) is 9.26. The Morgan fingerprint density at radius 2 is 2.08 bits per heavy atom. The van der Waals surface area contributed by atoms with Gasteiger partial charge in [0.15, 0.2) is 0 Å². The third-order valence-corrected chi connectivity index (χ3v) is 3.18. The third-order valence-electron chi connectivity index (χ3n) is 1.93. The zero-order valence-electron chi connectivity index (χ0n) is 6.89. The van der Waals surface area contributed by atoms with Crippen molar-refractivity contribution < 1.29 is 8.78 Å². The smallest absolute Gasteiger partial charge is 0.139 e. The first-order chi connectivity index (χ1) is 6.25. The Balaban J connectivity index is 2.10.